The molecule has 6 rings (SSSR count). The molecule has 0 aliphatic rings. The molecule has 0 aromatic heterocycles. The molecule has 0 spiro atoms. The fourth-order valence-electron chi connectivity index (χ4n) is 8.46. The van der Waals surface area contributed by atoms with Crippen LogP contribution >= 0.6 is 0 Å². The highest BCUT2D eigenvalue weighted by atomic mass is 16.6. The minimum absolute atomic E-state index is 0.125. The Bertz CT molecular complexity index is 3560. The van der Waals surface area contributed by atoms with E-state index >= 15 is 0 Å². The summed E-state index contributed by atoms with van der Waals surface area (Å²) >= 11 is 0. The van der Waals surface area contributed by atoms with Crippen LogP contribution in [0.3, 0.4) is 0 Å². The van der Waals surface area contributed by atoms with Gasteiger partial charge in [-0.3, -0.25) is 0 Å². The zero-order valence-electron chi connectivity index (χ0n) is 52.4. The Balaban J connectivity index is 1.14. The lowest BCUT2D eigenvalue weighted by Crippen LogP contribution is -2.26. The summed E-state index contributed by atoms with van der Waals surface area (Å²) in [6, 6.07) is 36.2. The molecule has 24 heteroatoms. The minimum atomic E-state index is -1.45. The summed E-state index contributed by atoms with van der Waals surface area (Å²) in [5.41, 5.74) is 1.97. The SMILES string of the molecule is C=C(C)C(=O)OCCOC(=O)c1ccccc1C(=O)OCC(O)COc1ccccc1Cc1cccc(Cc2ccccc2OCC(O)COC(=O)c2ccccc2C(=O)OCCOC(=O)C(=C)C)c1OCC(O)COC(=O)c1ccccc1C(=O)OCCOC(=O)C(=C)C. The van der Waals surface area contributed by atoms with E-state index in [1.807, 2.05) is 0 Å². The van der Waals surface area contributed by atoms with Crippen LogP contribution in [-0.2, 0) is 69.9 Å². The van der Waals surface area contributed by atoms with Crippen LogP contribution in [0.1, 0.15) is 105 Å². The van der Waals surface area contributed by atoms with Gasteiger partial charge in [-0.05, 0) is 91.6 Å². The van der Waals surface area contributed by atoms with E-state index < -0.39 is 98.5 Å². The molecule has 3 unspecified atom stereocenters. The first-order valence-electron chi connectivity index (χ1n) is 29.6. The average Bonchev–Trinajstić information content (AvgIpc) is 1.33. The van der Waals surface area contributed by atoms with Crippen LogP contribution in [-0.4, -0.2) is 167 Å². The third kappa shape index (κ3) is 23.3. The quantitative estimate of drug-likeness (QED) is 0.0147. The lowest BCUT2D eigenvalue weighted by Gasteiger charge is -2.21. The van der Waals surface area contributed by atoms with Gasteiger partial charge in [0.15, 0.2) is 0 Å². The number of aliphatic hydroxyl groups is 3. The van der Waals surface area contributed by atoms with Crippen LogP contribution in [0.2, 0.25) is 0 Å². The second-order valence-corrected chi connectivity index (χ2v) is 21.0. The molecule has 0 saturated heterocycles. The molecule has 0 fully saturated rings. The topological polar surface area (TPSA) is 325 Å². The van der Waals surface area contributed by atoms with Crippen molar-refractivity contribution in [2.45, 2.75) is 51.9 Å². The Morgan fingerprint density at radius 2 is 0.547 bits per heavy atom. The van der Waals surface area contributed by atoms with Crippen LogP contribution in [0.15, 0.2) is 176 Å². The standard InChI is InChI=1S/C71H72O24/c1-44(2)63(75)84-30-33-87-66(78)54-22-9-12-25-57(54)69(81)93-41-51(72)38-90-60-28-15-7-18-47(60)36-49-20-17-21-50(62(49)92-40-53(74)43-95-71(83)59-27-14-11-24-56(59)68(80)89-35-32-86-65(77)46(5)6)37-48-19-8-16-29-61(48)91-39-52(73)42-94-70(82)58-26-13-10-23-55(58)67(79)88-34-31-85-64(76)45(3)4/h7-29,51-53,72-74H,1,3,5,30-43H2,2,4,6H3. The molecule has 0 heterocycles. The zero-order valence-corrected chi connectivity index (χ0v) is 52.4. The Kier molecular flexibility index (Phi) is 28.9. The first-order valence-corrected chi connectivity index (χ1v) is 29.6. The second-order valence-electron chi connectivity index (χ2n) is 21.0. The van der Waals surface area contributed by atoms with Crippen molar-refractivity contribution in [3.8, 4) is 17.2 Å². The number of carbonyl (C=O) groups excluding carboxylic acids is 9. The summed E-state index contributed by atoms with van der Waals surface area (Å²) < 4.78 is 65.3. The number of para-hydroxylation sites is 3. The molecule has 0 radical (unpaired) electrons. The van der Waals surface area contributed by atoms with Gasteiger partial charge in [-0.25, -0.2) is 43.2 Å². The number of hydrogen-bond acceptors (Lipinski definition) is 24. The molecule has 500 valence electrons. The highest BCUT2D eigenvalue weighted by Crippen LogP contribution is 2.33. The van der Waals surface area contributed by atoms with E-state index in [1.165, 1.54) is 93.6 Å². The summed E-state index contributed by atoms with van der Waals surface area (Å²) in [5.74, 6) is -6.56. The van der Waals surface area contributed by atoms with E-state index in [0.29, 0.717) is 33.8 Å². The number of hydrogen-bond donors (Lipinski definition) is 3. The highest BCUT2D eigenvalue weighted by molar-refractivity contribution is 6.05. The van der Waals surface area contributed by atoms with E-state index in [4.69, 9.17) is 56.8 Å². The largest absolute Gasteiger partial charge is 0.490 e. The van der Waals surface area contributed by atoms with E-state index in [1.54, 1.807) is 66.7 Å². The van der Waals surface area contributed by atoms with Crippen molar-refractivity contribution in [3.63, 3.8) is 0 Å². The monoisotopic (exact) mass is 1310 g/mol. The van der Waals surface area contributed by atoms with Crippen molar-refractivity contribution in [2.24, 2.45) is 0 Å². The number of rotatable bonds is 37. The van der Waals surface area contributed by atoms with Crippen LogP contribution in [0, 0.1) is 0 Å². The fraction of sp³-hybridized carbons (Fsp3) is 0.282. The van der Waals surface area contributed by atoms with E-state index in [2.05, 4.69) is 19.7 Å². The van der Waals surface area contributed by atoms with E-state index in [9.17, 15) is 58.5 Å². The molecule has 6 aromatic rings. The molecular weight excluding hydrogens is 1240 g/mol. The molecular formula is C71H72O24. The molecule has 24 nitrogen and oxygen atoms in total. The van der Waals surface area contributed by atoms with Gasteiger partial charge in [0.1, 0.15) is 115 Å². The van der Waals surface area contributed by atoms with Gasteiger partial charge >= 0.3 is 53.7 Å². The maximum absolute atomic E-state index is 13.4. The Labute approximate surface area is 547 Å². The van der Waals surface area contributed by atoms with Gasteiger partial charge < -0.3 is 72.2 Å². The van der Waals surface area contributed by atoms with Gasteiger partial charge in [0.2, 0.25) is 0 Å². The van der Waals surface area contributed by atoms with Crippen LogP contribution in [0.5, 0.6) is 17.2 Å². The molecule has 0 aliphatic heterocycles. The van der Waals surface area contributed by atoms with Crippen molar-refractivity contribution in [1.29, 1.82) is 0 Å². The van der Waals surface area contributed by atoms with Gasteiger partial charge in [0, 0.05) is 29.6 Å². The van der Waals surface area contributed by atoms with Crippen LogP contribution in [0.25, 0.3) is 0 Å². The summed E-state index contributed by atoms with van der Waals surface area (Å²) in [4.78, 5) is 114. The zero-order chi connectivity index (χ0) is 68.8. The van der Waals surface area contributed by atoms with Crippen molar-refractivity contribution >= 4 is 53.7 Å². The predicted octanol–water partition coefficient (Wildman–Crippen LogP) is 7.49. The minimum Gasteiger partial charge on any atom is -0.490 e. The second kappa shape index (κ2) is 37.5. The van der Waals surface area contributed by atoms with Gasteiger partial charge in [0.05, 0.1) is 33.4 Å². The summed E-state index contributed by atoms with van der Waals surface area (Å²) in [7, 11) is 0. The Hall–Kier alpha value is -11.0. The number of ether oxygens (including phenoxy) is 12. The third-order valence-electron chi connectivity index (χ3n) is 13.2. The molecule has 95 heavy (non-hydrogen) atoms. The van der Waals surface area contributed by atoms with Crippen molar-refractivity contribution in [1.82, 2.24) is 0 Å². The normalized spacial score (nSPS) is 11.6. The molecule has 6 aromatic carbocycles. The predicted molar refractivity (Wildman–Crippen MR) is 338 cm³/mol. The molecule has 3 atom stereocenters. The lowest BCUT2D eigenvalue weighted by molar-refractivity contribution is -0.140. The molecule has 0 bridgehead atoms. The molecule has 3 N–H and O–H groups in total. The van der Waals surface area contributed by atoms with Crippen LogP contribution < -0.4 is 14.2 Å². The number of carbonyl (C=O) groups is 9. The third-order valence-corrected chi connectivity index (χ3v) is 13.2. The summed E-state index contributed by atoms with van der Waals surface area (Å²) in [5, 5.41) is 33.4. The number of aliphatic hydroxyl groups excluding tert-OH is 3. The average molecular weight is 1310 g/mol. The smallest absolute Gasteiger partial charge is 0.339 e. The summed E-state index contributed by atoms with van der Waals surface area (Å²) in [6.07, 6.45) is -3.91. The lowest BCUT2D eigenvalue weighted by atomic mass is 9.96. The first kappa shape index (κ1) is 73.1. The number of benzene rings is 6. The fourth-order valence-corrected chi connectivity index (χ4v) is 8.46. The van der Waals surface area contributed by atoms with Crippen molar-refractivity contribution in [3.05, 3.63) is 232 Å². The Morgan fingerprint density at radius 3 is 0.842 bits per heavy atom. The maximum Gasteiger partial charge on any atom is 0.339 e. The summed E-state index contributed by atoms with van der Waals surface area (Å²) in [6.45, 7) is 10.4. The van der Waals surface area contributed by atoms with Gasteiger partial charge in [-0.2, -0.15) is 0 Å². The number of esters is 9. The van der Waals surface area contributed by atoms with Gasteiger partial charge in [0.25, 0.3) is 0 Å². The Morgan fingerprint density at radius 1 is 0.305 bits per heavy atom. The molecule has 0 saturated carbocycles. The molecule has 0 aliphatic carbocycles. The van der Waals surface area contributed by atoms with E-state index in [0.717, 1.165) is 0 Å². The maximum atomic E-state index is 13.4. The van der Waals surface area contributed by atoms with Crippen molar-refractivity contribution < 1.29 is 115 Å². The van der Waals surface area contributed by atoms with Crippen LogP contribution in [0.4, 0.5) is 0 Å². The van der Waals surface area contributed by atoms with Crippen molar-refractivity contribution in [2.75, 3.05) is 79.3 Å². The highest BCUT2D eigenvalue weighted by Gasteiger charge is 2.26. The van der Waals surface area contributed by atoms with Gasteiger partial charge in [-0.1, -0.05) is 111 Å². The molecule has 0 amide bonds. The van der Waals surface area contributed by atoms with E-state index in [-0.39, 0.29) is 122 Å². The first-order chi connectivity index (χ1) is 45.6. The van der Waals surface area contributed by atoms with Gasteiger partial charge in [-0.15, -0.1) is 0 Å².